The van der Waals surface area contributed by atoms with Gasteiger partial charge in [0.2, 0.25) is 0 Å². The summed E-state index contributed by atoms with van der Waals surface area (Å²) in [6, 6.07) is 6.99. The number of hydrogen-bond donors (Lipinski definition) is 3. The Labute approximate surface area is 106 Å². The van der Waals surface area contributed by atoms with Crippen molar-refractivity contribution >= 4 is 9.84 Å². The molecule has 0 aliphatic carbocycles. The Morgan fingerprint density at radius 1 is 1.28 bits per heavy atom. The molecule has 1 aliphatic rings. The highest BCUT2D eigenvalue weighted by molar-refractivity contribution is 7.91. The minimum absolute atomic E-state index is 0.0196. The standard InChI is InChI=1S/C12H17NO4S/c14-6-10-3-1-2-9(4-10)5-13-11-7-18(16,17)8-12(11)15/h1-4,11-15H,5-8H2. The topological polar surface area (TPSA) is 86.6 Å². The smallest absolute Gasteiger partial charge is 0.154 e. The molecule has 6 heteroatoms. The molecule has 1 aromatic rings. The Hall–Kier alpha value is -0.950. The number of nitrogens with one attached hydrogen (secondary N) is 1. The van der Waals surface area contributed by atoms with Crippen molar-refractivity contribution in [1.82, 2.24) is 5.32 Å². The maximum Gasteiger partial charge on any atom is 0.154 e. The van der Waals surface area contributed by atoms with Gasteiger partial charge >= 0.3 is 0 Å². The Kier molecular flexibility index (Phi) is 4.01. The zero-order valence-electron chi connectivity index (χ0n) is 9.91. The van der Waals surface area contributed by atoms with Gasteiger partial charge in [-0.3, -0.25) is 0 Å². The third-order valence-corrected chi connectivity index (χ3v) is 4.78. The van der Waals surface area contributed by atoms with Gasteiger partial charge in [0.05, 0.1) is 24.2 Å². The molecular formula is C12H17NO4S. The molecule has 1 aromatic carbocycles. The van der Waals surface area contributed by atoms with E-state index >= 15 is 0 Å². The van der Waals surface area contributed by atoms with E-state index in [9.17, 15) is 13.5 Å². The van der Waals surface area contributed by atoms with Crippen molar-refractivity contribution in [3.8, 4) is 0 Å². The third-order valence-electron chi connectivity index (χ3n) is 3.06. The second kappa shape index (κ2) is 5.36. The Balaban J connectivity index is 1.95. The van der Waals surface area contributed by atoms with E-state index < -0.39 is 22.0 Å². The first-order valence-electron chi connectivity index (χ1n) is 5.81. The van der Waals surface area contributed by atoms with E-state index in [1.165, 1.54) is 0 Å². The third kappa shape index (κ3) is 3.29. The molecule has 2 atom stereocenters. The summed E-state index contributed by atoms with van der Waals surface area (Å²) in [6.45, 7) is 0.458. The first-order valence-corrected chi connectivity index (χ1v) is 7.63. The number of rotatable bonds is 4. The van der Waals surface area contributed by atoms with Gasteiger partial charge in [-0.25, -0.2) is 8.42 Å². The first-order chi connectivity index (χ1) is 8.50. The van der Waals surface area contributed by atoms with Crippen LogP contribution in [0, 0.1) is 0 Å². The molecule has 0 aromatic heterocycles. The predicted octanol–water partition coefficient (Wildman–Crippen LogP) is -0.574. The quantitative estimate of drug-likeness (QED) is 0.682. The molecule has 1 saturated heterocycles. The minimum Gasteiger partial charge on any atom is -0.392 e. The molecule has 0 bridgehead atoms. The van der Waals surface area contributed by atoms with Crippen LogP contribution in [0.5, 0.6) is 0 Å². The van der Waals surface area contributed by atoms with Gasteiger partial charge in [-0.1, -0.05) is 24.3 Å². The van der Waals surface area contributed by atoms with E-state index in [0.717, 1.165) is 11.1 Å². The zero-order chi connectivity index (χ0) is 13.2. The summed E-state index contributed by atoms with van der Waals surface area (Å²) >= 11 is 0. The van der Waals surface area contributed by atoms with Crippen molar-refractivity contribution in [1.29, 1.82) is 0 Å². The van der Waals surface area contributed by atoms with Crippen molar-refractivity contribution in [2.75, 3.05) is 11.5 Å². The molecule has 0 saturated carbocycles. The van der Waals surface area contributed by atoms with Gasteiger partial charge in [-0.15, -0.1) is 0 Å². The number of hydrogen-bond acceptors (Lipinski definition) is 5. The molecular weight excluding hydrogens is 254 g/mol. The molecule has 1 heterocycles. The molecule has 0 spiro atoms. The van der Waals surface area contributed by atoms with Crippen LogP contribution < -0.4 is 5.32 Å². The summed E-state index contributed by atoms with van der Waals surface area (Å²) < 4.78 is 22.7. The van der Waals surface area contributed by atoms with Gasteiger partial charge in [-0.05, 0) is 11.1 Å². The van der Waals surface area contributed by atoms with Crippen LogP contribution in [0.1, 0.15) is 11.1 Å². The molecule has 18 heavy (non-hydrogen) atoms. The van der Waals surface area contributed by atoms with E-state index in [1.54, 1.807) is 0 Å². The summed E-state index contributed by atoms with van der Waals surface area (Å²) in [6.07, 6.45) is -0.837. The van der Waals surface area contributed by atoms with Crippen LogP contribution in [0.25, 0.3) is 0 Å². The van der Waals surface area contributed by atoms with Crippen molar-refractivity contribution in [3.05, 3.63) is 35.4 Å². The summed E-state index contributed by atoms with van der Waals surface area (Å²) in [5, 5.41) is 21.7. The van der Waals surface area contributed by atoms with Gasteiger partial charge in [0, 0.05) is 12.6 Å². The maximum absolute atomic E-state index is 11.3. The lowest BCUT2D eigenvalue weighted by Crippen LogP contribution is -2.38. The Morgan fingerprint density at radius 2 is 2.00 bits per heavy atom. The second-order valence-electron chi connectivity index (χ2n) is 4.61. The lowest BCUT2D eigenvalue weighted by Gasteiger charge is -2.15. The molecule has 3 N–H and O–H groups in total. The Bertz CT molecular complexity index is 515. The van der Waals surface area contributed by atoms with E-state index in [4.69, 9.17) is 5.11 Å². The largest absolute Gasteiger partial charge is 0.392 e. The fraction of sp³-hybridized carbons (Fsp3) is 0.500. The van der Waals surface area contributed by atoms with Gasteiger partial charge in [0.15, 0.2) is 9.84 Å². The van der Waals surface area contributed by atoms with Crippen LogP contribution in [0.15, 0.2) is 24.3 Å². The van der Waals surface area contributed by atoms with Crippen molar-refractivity contribution in [2.24, 2.45) is 0 Å². The fourth-order valence-corrected chi connectivity index (χ4v) is 3.89. The highest BCUT2D eigenvalue weighted by Gasteiger charge is 2.35. The zero-order valence-corrected chi connectivity index (χ0v) is 10.7. The molecule has 2 unspecified atom stereocenters. The van der Waals surface area contributed by atoms with Crippen LogP contribution in [0.4, 0.5) is 0 Å². The van der Waals surface area contributed by atoms with Crippen molar-refractivity contribution < 1.29 is 18.6 Å². The normalized spacial score (nSPS) is 26.3. The van der Waals surface area contributed by atoms with Gasteiger partial charge < -0.3 is 15.5 Å². The van der Waals surface area contributed by atoms with Crippen LogP contribution >= 0.6 is 0 Å². The SMILES string of the molecule is O=S1(=O)CC(O)C(NCc2cccc(CO)c2)C1. The molecule has 100 valence electrons. The molecule has 0 amide bonds. The average Bonchev–Trinajstić information content (AvgIpc) is 2.60. The highest BCUT2D eigenvalue weighted by atomic mass is 32.2. The van der Waals surface area contributed by atoms with E-state index in [-0.39, 0.29) is 18.1 Å². The molecule has 1 aliphatic heterocycles. The monoisotopic (exact) mass is 271 g/mol. The number of benzene rings is 1. The minimum atomic E-state index is -3.11. The summed E-state index contributed by atoms with van der Waals surface area (Å²) in [4.78, 5) is 0. The highest BCUT2D eigenvalue weighted by Crippen LogP contribution is 2.13. The average molecular weight is 271 g/mol. The van der Waals surface area contributed by atoms with Crippen LogP contribution in [-0.2, 0) is 23.0 Å². The number of sulfone groups is 1. The van der Waals surface area contributed by atoms with E-state index in [2.05, 4.69) is 5.32 Å². The fourth-order valence-electron chi connectivity index (χ4n) is 2.11. The predicted molar refractivity (Wildman–Crippen MR) is 67.7 cm³/mol. The summed E-state index contributed by atoms with van der Waals surface area (Å²) in [5.41, 5.74) is 1.77. The lowest BCUT2D eigenvalue weighted by molar-refractivity contribution is 0.165. The molecule has 1 fully saturated rings. The first kappa shape index (κ1) is 13.5. The molecule has 0 radical (unpaired) electrons. The van der Waals surface area contributed by atoms with Crippen LogP contribution in [-0.4, -0.2) is 42.3 Å². The van der Waals surface area contributed by atoms with Crippen molar-refractivity contribution in [2.45, 2.75) is 25.3 Å². The van der Waals surface area contributed by atoms with Gasteiger partial charge in [0.1, 0.15) is 0 Å². The maximum atomic E-state index is 11.3. The number of aliphatic hydroxyl groups is 2. The van der Waals surface area contributed by atoms with Gasteiger partial charge in [0.25, 0.3) is 0 Å². The molecule has 2 rings (SSSR count). The van der Waals surface area contributed by atoms with E-state index in [0.29, 0.717) is 6.54 Å². The van der Waals surface area contributed by atoms with E-state index in [1.807, 2.05) is 24.3 Å². The van der Waals surface area contributed by atoms with Crippen LogP contribution in [0.3, 0.4) is 0 Å². The lowest BCUT2D eigenvalue weighted by atomic mass is 10.1. The summed E-state index contributed by atoms with van der Waals surface area (Å²) in [5.74, 6) is -0.185. The summed E-state index contributed by atoms with van der Waals surface area (Å²) in [7, 11) is -3.11. The Morgan fingerprint density at radius 3 is 2.61 bits per heavy atom. The van der Waals surface area contributed by atoms with Gasteiger partial charge in [-0.2, -0.15) is 0 Å². The molecule has 5 nitrogen and oxygen atoms in total. The van der Waals surface area contributed by atoms with Crippen LogP contribution in [0.2, 0.25) is 0 Å². The van der Waals surface area contributed by atoms with Crippen molar-refractivity contribution in [3.63, 3.8) is 0 Å². The number of aliphatic hydroxyl groups excluding tert-OH is 2. The second-order valence-corrected chi connectivity index (χ2v) is 6.76.